The number of aliphatic carboxylic acids is 1. The maximum Gasteiger partial charge on any atom is 0.305 e. The number of benzene rings is 4. The molecular weight excluding hydrogens is 1170 g/mol. The number of esters is 1. The van der Waals surface area contributed by atoms with Crippen molar-refractivity contribution < 1.29 is 58.4 Å². The van der Waals surface area contributed by atoms with Crippen LogP contribution in [0.3, 0.4) is 0 Å². The Morgan fingerprint density at radius 2 is 0.698 bits per heavy atom. The van der Waals surface area contributed by atoms with Gasteiger partial charge in [-0.1, -0.05) is 98.8 Å². The zero-order chi connectivity index (χ0) is 57.8. The van der Waals surface area contributed by atoms with Crippen LogP contribution in [0.15, 0.2) is 182 Å². The van der Waals surface area contributed by atoms with Gasteiger partial charge in [-0.2, -0.15) is 0 Å². The van der Waals surface area contributed by atoms with Crippen LogP contribution in [0.1, 0.15) is 110 Å². The molecule has 0 spiro atoms. The second-order valence-corrected chi connectivity index (χ2v) is 20.7. The van der Waals surface area contributed by atoms with Crippen LogP contribution in [0.5, 0.6) is 0 Å². The molecule has 0 aliphatic carbocycles. The number of carbonyl (C=O) groups is 2. The number of rotatable bonds is 9. The monoisotopic (exact) mass is 1230 g/mol. The van der Waals surface area contributed by atoms with Gasteiger partial charge < -0.3 is 29.8 Å². The molecule has 420 valence electrons. The van der Waals surface area contributed by atoms with E-state index in [9.17, 15) is 9.59 Å². The molecule has 4 aromatic carbocycles. The number of carbonyl (C=O) groups excluding carboxylic acids is 1. The molecule has 0 amide bonds. The van der Waals surface area contributed by atoms with Gasteiger partial charge in [0.05, 0.1) is 52.2 Å². The molecule has 12 nitrogen and oxygen atoms in total. The van der Waals surface area contributed by atoms with Crippen LogP contribution in [0.2, 0.25) is 0 Å². The van der Waals surface area contributed by atoms with E-state index in [0.29, 0.717) is 25.9 Å². The van der Waals surface area contributed by atoms with Gasteiger partial charge in [-0.15, -0.1) is 0 Å². The molecule has 0 saturated carbocycles. The number of nitrogens with one attached hydrogen (secondary N) is 4. The Labute approximate surface area is 524 Å². The van der Waals surface area contributed by atoms with Crippen molar-refractivity contribution in [2.24, 2.45) is 0 Å². The third-order valence-corrected chi connectivity index (χ3v) is 14.8. The summed E-state index contributed by atoms with van der Waals surface area (Å²) in [4.78, 5) is 54.0. The quantitative estimate of drug-likeness (QED) is 0.0700. The van der Waals surface area contributed by atoms with Crippen molar-refractivity contribution in [2.75, 3.05) is 6.61 Å². The van der Waals surface area contributed by atoms with Gasteiger partial charge >= 0.3 is 11.9 Å². The van der Waals surface area contributed by atoms with Crippen molar-refractivity contribution in [1.29, 1.82) is 0 Å². The van der Waals surface area contributed by atoms with E-state index in [1.165, 1.54) is 32.7 Å². The third-order valence-electron chi connectivity index (χ3n) is 14.8. The van der Waals surface area contributed by atoms with Crippen molar-refractivity contribution >= 4 is 126 Å². The van der Waals surface area contributed by atoms with Crippen molar-refractivity contribution in [3.8, 4) is 0 Å². The number of H-pyrrole nitrogens is 4. The normalized spacial score (nSPS) is 11.7. The summed E-state index contributed by atoms with van der Waals surface area (Å²) in [5, 5.41) is 12.9. The predicted octanol–water partition coefficient (Wildman–Crippen LogP) is 17.2. The summed E-state index contributed by atoms with van der Waals surface area (Å²) in [5.41, 5.74) is 18.0. The Balaban J connectivity index is 0.000000146. The fourth-order valence-corrected chi connectivity index (χ4v) is 10.9. The number of carboxylic acid groups (broad SMARTS) is 1. The van der Waals surface area contributed by atoms with Gasteiger partial charge in [0, 0.05) is 101 Å². The second-order valence-electron chi connectivity index (χ2n) is 20.7. The van der Waals surface area contributed by atoms with Crippen molar-refractivity contribution in [1.82, 2.24) is 39.9 Å². The Bertz CT molecular complexity index is 3940. The molecule has 4 aliphatic heterocycles. The number of hydrogen-bond acceptors (Lipinski definition) is 7. The Hall–Kier alpha value is -9.21. The van der Waals surface area contributed by atoms with Crippen LogP contribution in [-0.2, 0) is 58.7 Å². The number of aromatic amines is 4. The summed E-state index contributed by atoms with van der Waals surface area (Å²) < 4.78 is 5.29. The molecule has 5 N–H and O–H groups in total. The number of nitrogens with zero attached hydrogens (tertiary/aromatic N) is 4. The number of hydrogen-bond donors (Lipinski definition) is 5. The summed E-state index contributed by atoms with van der Waals surface area (Å²) in [6, 6.07) is 62.9. The maximum absolute atomic E-state index is 12.4. The minimum atomic E-state index is -0.711. The average Bonchev–Trinajstić information content (AvgIpc) is 1.20. The molecule has 0 radical (unpaired) electrons. The molecule has 14 heteroatoms. The van der Waals surface area contributed by atoms with E-state index in [-0.39, 0.29) is 50.3 Å². The van der Waals surface area contributed by atoms with Gasteiger partial charge in [0.1, 0.15) is 0 Å². The van der Waals surface area contributed by atoms with E-state index >= 15 is 0 Å². The first-order valence-corrected chi connectivity index (χ1v) is 28.5. The predicted molar refractivity (Wildman–Crippen MR) is 345 cm³/mol. The van der Waals surface area contributed by atoms with Crippen molar-refractivity contribution in [3.05, 3.63) is 239 Å². The van der Waals surface area contributed by atoms with E-state index in [4.69, 9.17) is 9.84 Å². The summed E-state index contributed by atoms with van der Waals surface area (Å²) in [7, 11) is 0. The number of fused-ring (bicyclic) bond motifs is 18. The molecule has 4 aliphatic rings. The van der Waals surface area contributed by atoms with Crippen molar-refractivity contribution in [3.63, 3.8) is 0 Å². The molecule has 0 saturated heterocycles. The van der Waals surface area contributed by atoms with Crippen LogP contribution in [0.4, 0.5) is 0 Å². The largest absolute Gasteiger partial charge is 0.481 e. The number of ether oxygens (including phenoxy) is 1. The van der Waals surface area contributed by atoms with Crippen LogP contribution in [0.25, 0.3) is 114 Å². The van der Waals surface area contributed by atoms with E-state index in [1.54, 1.807) is 0 Å². The minimum Gasteiger partial charge on any atom is -0.481 e. The Kier molecular flexibility index (Phi) is 20.4. The molecule has 14 rings (SSSR count). The van der Waals surface area contributed by atoms with E-state index in [1.807, 2.05) is 111 Å². The third kappa shape index (κ3) is 15.2. The van der Waals surface area contributed by atoms with Gasteiger partial charge in [-0.05, 0) is 205 Å². The molecule has 10 aromatic rings. The smallest absolute Gasteiger partial charge is 0.305 e. The van der Waals surface area contributed by atoms with Crippen LogP contribution >= 0.6 is 0 Å². The van der Waals surface area contributed by atoms with Crippen LogP contribution < -0.4 is 0 Å². The summed E-state index contributed by atoms with van der Waals surface area (Å²) in [6.45, 7) is 6.35. The van der Waals surface area contributed by atoms with E-state index < -0.39 is 5.97 Å². The Morgan fingerprint density at radius 3 is 0.953 bits per heavy atom. The molecule has 6 aromatic heterocycles. The van der Waals surface area contributed by atoms with Gasteiger partial charge in [-0.25, -0.2) is 19.9 Å². The van der Waals surface area contributed by atoms with Crippen LogP contribution in [-0.4, -0.2) is 63.5 Å². The second kappa shape index (κ2) is 28.6. The number of carboxylic acids is 1. The Morgan fingerprint density at radius 1 is 0.407 bits per heavy atom. The summed E-state index contributed by atoms with van der Waals surface area (Å²) in [5.74, 6) is -0.840. The topological polar surface area (TPSA) is 178 Å². The van der Waals surface area contributed by atoms with Gasteiger partial charge in [0.25, 0.3) is 0 Å². The first-order chi connectivity index (χ1) is 41.1. The summed E-state index contributed by atoms with van der Waals surface area (Å²) >= 11 is 0. The van der Waals surface area contributed by atoms with Gasteiger partial charge in [0.2, 0.25) is 0 Å². The first-order valence-electron chi connectivity index (χ1n) is 28.5. The molecule has 0 unspecified atom stereocenters. The fraction of sp³-hybridized carbons (Fsp3) is 0.139. The molecule has 10 heterocycles. The van der Waals surface area contributed by atoms with E-state index in [2.05, 4.69) is 180 Å². The van der Waals surface area contributed by atoms with Crippen LogP contribution in [0, 0.1) is 0 Å². The van der Waals surface area contributed by atoms with Gasteiger partial charge in [-0.3, -0.25) is 9.59 Å². The fourth-order valence-electron chi connectivity index (χ4n) is 10.9. The van der Waals surface area contributed by atoms with Crippen molar-refractivity contribution in [2.45, 2.75) is 58.3 Å². The van der Waals surface area contributed by atoms with E-state index in [0.717, 1.165) is 103 Å². The molecule has 0 fully saturated rings. The molecule has 86 heavy (non-hydrogen) atoms. The standard InChI is InChI=1S/C28H28O2.2C20H14N4.C4H8O2.2Zn/c1-3-28(20-19-27(29)30-4-2,25-17-9-13-21-11-5-7-15-23(21)25)26-18-10-14-22-12-6-8-16-24(22)26;2*1-2-14-10-16-5-6-18(23-16)12-20-8-7-19(24-20)11-17-4-3-15(22-17)9-13(1)21-14;1-2-3-4(5)6;;/h5-18H,3-4,19-20H2,1-2H3;2*1-12,21,24H;2-3H2,1H3,(H,5,6);;. The average molecular weight is 1240 g/mol. The SMILES string of the molecule is C1=Cc2cc3ccc(cc4nc(cc5ccc(cc1n2)[nH]5)C=C4)[nH]3.C1=Cc2cc3ccc(cc4nc(cc5ccc(cc1n2)[nH]5)C=C4)[nH]3.CCCC(=O)O.CCOC(=O)CCC(CC)(c1cccc2ccccc12)c1cccc2ccccc12.[Zn].[Zn]. The zero-order valence-corrected chi connectivity index (χ0v) is 54.5. The maximum atomic E-state index is 12.4. The molecule has 0 atom stereocenters. The number of aromatic nitrogens is 8. The summed E-state index contributed by atoms with van der Waals surface area (Å²) in [6.07, 6.45) is 19.2. The molecule has 16 bridgehead atoms. The van der Waals surface area contributed by atoms with Gasteiger partial charge in [0.15, 0.2) is 0 Å². The zero-order valence-electron chi connectivity index (χ0n) is 48.6. The molecular formula is C72H64N8O4Zn2. The first kappa shape index (κ1) is 61.4. The minimum absolute atomic E-state index is 0.